The molecule has 0 aliphatic carbocycles. The van der Waals surface area contributed by atoms with Crippen LogP contribution in [0.15, 0.2) is 0 Å². The van der Waals surface area contributed by atoms with Crippen molar-refractivity contribution in [2.75, 3.05) is 13.2 Å². The van der Waals surface area contributed by atoms with Crippen LogP contribution in [0.4, 0.5) is 0 Å². The molecule has 0 aromatic heterocycles. The maximum absolute atomic E-state index is 10.9. The molecule has 0 spiro atoms. The second kappa shape index (κ2) is 29.5. The van der Waals surface area contributed by atoms with Crippen molar-refractivity contribution >= 4 is 11.6 Å². The van der Waals surface area contributed by atoms with E-state index in [1.54, 1.807) is 13.8 Å². The summed E-state index contributed by atoms with van der Waals surface area (Å²) >= 11 is 0. The van der Waals surface area contributed by atoms with Crippen LogP contribution in [-0.2, 0) is 14.3 Å². The predicted molar refractivity (Wildman–Crippen MR) is 152 cm³/mol. The first kappa shape index (κ1) is 34.3. The maximum Gasteiger partial charge on any atom is 0.129 e. The van der Waals surface area contributed by atoms with Crippen LogP contribution in [0.1, 0.15) is 181 Å². The highest BCUT2D eigenvalue weighted by Crippen LogP contribution is 2.14. The van der Waals surface area contributed by atoms with E-state index in [9.17, 15) is 9.59 Å². The number of carbonyl (C=O) groups excluding carboxylic acids is 2. The summed E-state index contributed by atoms with van der Waals surface area (Å²) in [6, 6.07) is 0. The lowest BCUT2D eigenvalue weighted by molar-refractivity contribution is -0.117. The predicted octanol–water partition coefficient (Wildman–Crippen LogP) is 10.3. The first-order valence-corrected chi connectivity index (χ1v) is 15.7. The van der Waals surface area contributed by atoms with Gasteiger partial charge < -0.3 is 14.3 Å². The SMILES string of the molecule is CC(=O)CCCCCCCCCCCCCCOCCCCCCCCCCCCCCC(C)=O. The van der Waals surface area contributed by atoms with Crippen molar-refractivity contribution in [3.05, 3.63) is 0 Å². The molecule has 0 aromatic carbocycles. The van der Waals surface area contributed by atoms with E-state index in [2.05, 4.69) is 0 Å². The fourth-order valence-electron chi connectivity index (χ4n) is 4.79. The Hall–Kier alpha value is -0.700. The third kappa shape index (κ3) is 33.3. The highest BCUT2D eigenvalue weighted by atomic mass is 16.5. The van der Waals surface area contributed by atoms with Gasteiger partial charge in [-0.1, -0.05) is 128 Å². The quantitative estimate of drug-likeness (QED) is 0.0932. The van der Waals surface area contributed by atoms with Crippen molar-refractivity contribution in [1.82, 2.24) is 0 Å². The van der Waals surface area contributed by atoms with Gasteiger partial charge in [-0.15, -0.1) is 0 Å². The zero-order chi connectivity index (χ0) is 25.7. The third-order valence-corrected chi connectivity index (χ3v) is 7.14. The maximum atomic E-state index is 10.9. The van der Waals surface area contributed by atoms with E-state index >= 15 is 0 Å². The number of hydrogen-bond donors (Lipinski definition) is 0. The molecule has 0 aliphatic heterocycles. The molecule has 0 rings (SSSR count). The van der Waals surface area contributed by atoms with E-state index < -0.39 is 0 Å². The Morgan fingerprint density at radius 1 is 0.343 bits per heavy atom. The average Bonchev–Trinajstić information content (AvgIpc) is 2.82. The molecule has 0 radical (unpaired) electrons. The summed E-state index contributed by atoms with van der Waals surface area (Å²) < 4.78 is 5.82. The Morgan fingerprint density at radius 3 is 0.771 bits per heavy atom. The molecule has 0 fully saturated rings. The number of Topliss-reactive ketones (excluding diaryl/α,β-unsaturated/α-hetero) is 2. The Bertz CT molecular complexity index is 406. The highest BCUT2D eigenvalue weighted by Gasteiger charge is 1.98. The van der Waals surface area contributed by atoms with Gasteiger partial charge in [-0.05, 0) is 39.5 Å². The minimum atomic E-state index is 0.339. The molecule has 0 saturated heterocycles. The summed E-state index contributed by atoms with van der Waals surface area (Å²) in [6.45, 7) is 5.31. The van der Waals surface area contributed by atoms with Gasteiger partial charge in [0.25, 0.3) is 0 Å². The number of rotatable bonds is 30. The van der Waals surface area contributed by atoms with Crippen molar-refractivity contribution in [3.63, 3.8) is 0 Å². The Kier molecular flexibility index (Phi) is 28.9. The molecule has 0 N–H and O–H groups in total. The zero-order valence-electron chi connectivity index (χ0n) is 24.0. The van der Waals surface area contributed by atoms with Crippen molar-refractivity contribution in [2.45, 2.75) is 181 Å². The van der Waals surface area contributed by atoms with Gasteiger partial charge >= 0.3 is 0 Å². The molecular weight excluding hydrogens is 432 g/mol. The summed E-state index contributed by atoms with van der Waals surface area (Å²) in [5.74, 6) is 0.677. The number of carbonyl (C=O) groups is 2. The molecule has 0 atom stereocenters. The molecule has 208 valence electrons. The number of ether oxygens (including phenoxy) is 1. The Morgan fingerprint density at radius 2 is 0.543 bits per heavy atom. The van der Waals surface area contributed by atoms with E-state index in [0.717, 1.165) is 38.9 Å². The molecule has 0 unspecified atom stereocenters. The van der Waals surface area contributed by atoms with Gasteiger partial charge in [-0.2, -0.15) is 0 Å². The molecule has 0 aliphatic rings. The molecule has 0 saturated carbocycles. The van der Waals surface area contributed by atoms with Gasteiger partial charge in [-0.3, -0.25) is 0 Å². The molecular formula is C32H62O3. The fourth-order valence-corrected chi connectivity index (χ4v) is 4.79. The number of unbranched alkanes of at least 4 members (excludes halogenated alkanes) is 22. The highest BCUT2D eigenvalue weighted by molar-refractivity contribution is 5.75. The average molecular weight is 495 g/mol. The molecule has 0 amide bonds. The first-order chi connectivity index (χ1) is 17.1. The van der Waals surface area contributed by atoms with Crippen molar-refractivity contribution in [2.24, 2.45) is 0 Å². The third-order valence-electron chi connectivity index (χ3n) is 7.14. The molecule has 3 nitrogen and oxygen atoms in total. The van der Waals surface area contributed by atoms with E-state index in [1.807, 2.05) is 0 Å². The van der Waals surface area contributed by atoms with Crippen LogP contribution < -0.4 is 0 Å². The van der Waals surface area contributed by atoms with Crippen LogP contribution in [0.2, 0.25) is 0 Å². The van der Waals surface area contributed by atoms with Crippen LogP contribution >= 0.6 is 0 Å². The Balaban J connectivity index is 3.03. The minimum absolute atomic E-state index is 0.339. The normalized spacial score (nSPS) is 11.3. The largest absolute Gasteiger partial charge is 0.381 e. The van der Waals surface area contributed by atoms with E-state index in [1.165, 1.54) is 141 Å². The monoisotopic (exact) mass is 494 g/mol. The van der Waals surface area contributed by atoms with Crippen LogP contribution in [0.25, 0.3) is 0 Å². The molecule has 0 bridgehead atoms. The van der Waals surface area contributed by atoms with Gasteiger partial charge in [0.05, 0.1) is 0 Å². The first-order valence-electron chi connectivity index (χ1n) is 15.7. The Labute approximate surface area is 219 Å². The van der Waals surface area contributed by atoms with Crippen LogP contribution in [0, 0.1) is 0 Å². The topological polar surface area (TPSA) is 43.4 Å². The van der Waals surface area contributed by atoms with Gasteiger partial charge in [0.1, 0.15) is 11.6 Å². The molecule has 35 heavy (non-hydrogen) atoms. The van der Waals surface area contributed by atoms with Gasteiger partial charge in [0.2, 0.25) is 0 Å². The van der Waals surface area contributed by atoms with Gasteiger partial charge in [0.15, 0.2) is 0 Å². The lowest BCUT2D eigenvalue weighted by Gasteiger charge is -2.05. The van der Waals surface area contributed by atoms with E-state index in [0.29, 0.717) is 11.6 Å². The number of hydrogen-bond acceptors (Lipinski definition) is 3. The van der Waals surface area contributed by atoms with Gasteiger partial charge in [-0.25, -0.2) is 0 Å². The second-order valence-electron chi connectivity index (χ2n) is 11.0. The summed E-state index contributed by atoms with van der Waals surface area (Å²) in [5, 5.41) is 0. The second-order valence-corrected chi connectivity index (χ2v) is 11.0. The van der Waals surface area contributed by atoms with Crippen LogP contribution in [-0.4, -0.2) is 24.8 Å². The minimum Gasteiger partial charge on any atom is -0.381 e. The summed E-state index contributed by atoms with van der Waals surface area (Å²) in [6.07, 6.45) is 33.2. The fraction of sp³-hybridized carbons (Fsp3) is 0.938. The van der Waals surface area contributed by atoms with Crippen molar-refractivity contribution in [1.29, 1.82) is 0 Å². The zero-order valence-corrected chi connectivity index (χ0v) is 24.0. The molecule has 3 heteroatoms. The summed E-state index contributed by atoms with van der Waals surface area (Å²) in [7, 11) is 0. The van der Waals surface area contributed by atoms with Gasteiger partial charge in [0, 0.05) is 26.1 Å². The summed E-state index contributed by atoms with van der Waals surface area (Å²) in [4.78, 5) is 21.8. The number of ketones is 2. The van der Waals surface area contributed by atoms with E-state index in [4.69, 9.17) is 4.74 Å². The molecule has 0 heterocycles. The van der Waals surface area contributed by atoms with Crippen LogP contribution in [0.3, 0.4) is 0 Å². The van der Waals surface area contributed by atoms with Crippen LogP contribution in [0.5, 0.6) is 0 Å². The standard InChI is InChI=1S/C32H62O3/c1-31(33)27-23-19-15-11-7-3-5-9-13-17-21-25-29-35-30-26-22-18-14-10-6-4-8-12-16-20-24-28-32(2)34/h3-30H2,1-2H3. The summed E-state index contributed by atoms with van der Waals surface area (Å²) in [5.41, 5.74) is 0. The van der Waals surface area contributed by atoms with Crippen molar-refractivity contribution < 1.29 is 14.3 Å². The van der Waals surface area contributed by atoms with E-state index in [-0.39, 0.29) is 0 Å². The lowest BCUT2D eigenvalue weighted by Crippen LogP contribution is -1.97. The molecule has 0 aromatic rings. The smallest absolute Gasteiger partial charge is 0.129 e. The van der Waals surface area contributed by atoms with Crippen molar-refractivity contribution in [3.8, 4) is 0 Å². The lowest BCUT2D eigenvalue weighted by atomic mass is 10.0.